The van der Waals surface area contributed by atoms with Crippen molar-refractivity contribution in [3.63, 3.8) is 0 Å². The number of aromatic nitrogens is 1. The van der Waals surface area contributed by atoms with Gasteiger partial charge in [0, 0.05) is 30.7 Å². The fraction of sp³-hybridized carbons (Fsp3) is 0.500. The van der Waals surface area contributed by atoms with E-state index in [-0.39, 0.29) is 17.4 Å². The smallest absolute Gasteiger partial charge is 0.253 e. The number of benzene rings is 1. The lowest BCUT2D eigenvalue weighted by Gasteiger charge is -2.31. The predicted octanol–water partition coefficient (Wildman–Crippen LogP) is 3.35. The summed E-state index contributed by atoms with van der Waals surface area (Å²) in [6.45, 7) is 8.03. The Morgan fingerprint density at radius 2 is 2.18 bits per heavy atom. The molecule has 0 aliphatic carbocycles. The van der Waals surface area contributed by atoms with Crippen molar-refractivity contribution in [3.8, 4) is 0 Å². The number of nitrogens with one attached hydrogen (secondary N) is 2. The van der Waals surface area contributed by atoms with Crippen molar-refractivity contribution >= 4 is 16.8 Å². The second-order valence-corrected chi connectivity index (χ2v) is 7.16. The Kier molecular flexibility index (Phi) is 3.96. The first kappa shape index (κ1) is 15.1. The van der Waals surface area contributed by atoms with E-state index in [4.69, 9.17) is 4.74 Å². The molecule has 1 aliphatic rings. The molecular formula is C18H24N2O2. The van der Waals surface area contributed by atoms with E-state index >= 15 is 0 Å². The molecule has 118 valence electrons. The number of rotatable bonds is 3. The predicted molar refractivity (Wildman–Crippen MR) is 87.9 cm³/mol. The molecule has 1 aromatic carbocycles. The first-order chi connectivity index (χ1) is 10.5. The lowest BCUT2D eigenvalue weighted by Crippen LogP contribution is -2.38. The summed E-state index contributed by atoms with van der Waals surface area (Å²) in [6, 6.07) is 7.76. The van der Waals surface area contributed by atoms with Gasteiger partial charge in [0.1, 0.15) is 0 Å². The molecule has 1 amide bonds. The van der Waals surface area contributed by atoms with Crippen LogP contribution in [0.15, 0.2) is 30.5 Å². The van der Waals surface area contributed by atoms with Crippen molar-refractivity contribution in [1.82, 2.24) is 10.3 Å². The zero-order valence-corrected chi connectivity index (χ0v) is 13.5. The molecule has 0 unspecified atom stereocenters. The summed E-state index contributed by atoms with van der Waals surface area (Å²) in [5, 5.41) is 4.15. The second-order valence-electron chi connectivity index (χ2n) is 7.16. The van der Waals surface area contributed by atoms with Crippen LogP contribution in [0.4, 0.5) is 0 Å². The third-order valence-corrected chi connectivity index (χ3v) is 4.42. The number of ether oxygens (including phenoxy) is 1. The number of H-pyrrole nitrogens is 1. The summed E-state index contributed by atoms with van der Waals surface area (Å²) in [6.07, 6.45) is 3.07. The standard InChI is InChI=1S/C18H24N2O2/c1-18(2,3)16-13(8-10-22-16)11-20-17(21)14-6-4-5-12-7-9-19-15(12)14/h4-7,9,13,16,19H,8,10-11H2,1-3H3,(H,20,21)/t13-,16+/m1/s1. The van der Waals surface area contributed by atoms with Crippen LogP contribution in [0.2, 0.25) is 0 Å². The molecule has 2 aromatic rings. The third kappa shape index (κ3) is 2.88. The quantitative estimate of drug-likeness (QED) is 0.913. The zero-order valence-electron chi connectivity index (χ0n) is 13.5. The van der Waals surface area contributed by atoms with Crippen molar-refractivity contribution in [3.05, 3.63) is 36.0 Å². The minimum Gasteiger partial charge on any atom is -0.377 e. The fourth-order valence-electron chi connectivity index (χ4n) is 3.39. The lowest BCUT2D eigenvalue weighted by molar-refractivity contribution is 0.00737. The molecule has 2 heterocycles. The molecule has 1 aliphatic heterocycles. The van der Waals surface area contributed by atoms with Gasteiger partial charge in [0.05, 0.1) is 17.2 Å². The van der Waals surface area contributed by atoms with Crippen LogP contribution < -0.4 is 5.32 Å². The number of carbonyl (C=O) groups excluding carboxylic acids is 1. The molecule has 4 nitrogen and oxygen atoms in total. The van der Waals surface area contributed by atoms with Crippen LogP contribution in [0.25, 0.3) is 10.9 Å². The van der Waals surface area contributed by atoms with E-state index in [9.17, 15) is 4.79 Å². The van der Waals surface area contributed by atoms with Gasteiger partial charge in [-0.05, 0) is 24.0 Å². The molecule has 22 heavy (non-hydrogen) atoms. The molecular weight excluding hydrogens is 276 g/mol. The summed E-state index contributed by atoms with van der Waals surface area (Å²) in [5.41, 5.74) is 1.70. The van der Waals surface area contributed by atoms with E-state index in [1.54, 1.807) is 0 Å². The van der Waals surface area contributed by atoms with Gasteiger partial charge in [0.25, 0.3) is 5.91 Å². The van der Waals surface area contributed by atoms with Crippen LogP contribution in [-0.4, -0.2) is 30.1 Å². The Bertz CT molecular complexity index is 669. The van der Waals surface area contributed by atoms with Crippen LogP contribution in [-0.2, 0) is 4.74 Å². The SMILES string of the molecule is CC(C)(C)[C@H]1OCC[C@@H]1CNC(=O)c1cccc2cc[nH]c12. The number of aromatic amines is 1. The summed E-state index contributed by atoms with van der Waals surface area (Å²) in [4.78, 5) is 15.6. The van der Waals surface area contributed by atoms with E-state index in [2.05, 4.69) is 31.1 Å². The second kappa shape index (κ2) is 5.76. The first-order valence-electron chi connectivity index (χ1n) is 7.93. The Hall–Kier alpha value is -1.81. The molecule has 1 aromatic heterocycles. The van der Waals surface area contributed by atoms with E-state index in [1.807, 2.05) is 30.5 Å². The number of para-hydroxylation sites is 1. The van der Waals surface area contributed by atoms with Crippen LogP contribution >= 0.6 is 0 Å². The Labute approximate surface area is 131 Å². The van der Waals surface area contributed by atoms with Crippen molar-refractivity contribution in [2.75, 3.05) is 13.2 Å². The van der Waals surface area contributed by atoms with Crippen molar-refractivity contribution in [2.45, 2.75) is 33.3 Å². The van der Waals surface area contributed by atoms with Gasteiger partial charge in [0.15, 0.2) is 0 Å². The molecule has 0 bridgehead atoms. The fourth-order valence-corrected chi connectivity index (χ4v) is 3.39. The highest BCUT2D eigenvalue weighted by Gasteiger charge is 2.37. The van der Waals surface area contributed by atoms with Gasteiger partial charge in [-0.15, -0.1) is 0 Å². The first-order valence-corrected chi connectivity index (χ1v) is 7.93. The Balaban J connectivity index is 1.69. The molecule has 4 heteroatoms. The van der Waals surface area contributed by atoms with Gasteiger partial charge >= 0.3 is 0 Å². The number of fused-ring (bicyclic) bond motifs is 1. The maximum absolute atomic E-state index is 12.5. The summed E-state index contributed by atoms with van der Waals surface area (Å²) < 4.78 is 5.87. The molecule has 0 spiro atoms. The Morgan fingerprint density at radius 1 is 1.36 bits per heavy atom. The maximum atomic E-state index is 12.5. The number of carbonyl (C=O) groups is 1. The molecule has 3 rings (SSSR count). The van der Waals surface area contributed by atoms with Crippen LogP contribution in [0.5, 0.6) is 0 Å². The van der Waals surface area contributed by atoms with E-state index < -0.39 is 0 Å². The van der Waals surface area contributed by atoms with Gasteiger partial charge in [0.2, 0.25) is 0 Å². The van der Waals surface area contributed by atoms with E-state index in [0.29, 0.717) is 18.0 Å². The highest BCUT2D eigenvalue weighted by atomic mass is 16.5. The summed E-state index contributed by atoms with van der Waals surface area (Å²) in [7, 11) is 0. The van der Waals surface area contributed by atoms with Crippen LogP contribution in [0.1, 0.15) is 37.6 Å². The Morgan fingerprint density at radius 3 is 2.95 bits per heavy atom. The summed E-state index contributed by atoms with van der Waals surface area (Å²) in [5.74, 6) is 0.361. The van der Waals surface area contributed by atoms with Gasteiger partial charge in [-0.2, -0.15) is 0 Å². The lowest BCUT2D eigenvalue weighted by atomic mass is 9.81. The maximum Gasteiger partial charge on any atom is 0.253 e. The average molecular weight is 300 g/mol. The van der Waals surface area contributed by atoms with E-state index in [1.165, 1.54) is 0 Å². The topological polar surface area (TPSA) is 54.1 Å². The molecule has 0 saturated carbocycles. The average Bonchev–Trinajstić information content (AvgIpc) is 3.12. The monoisotopic (exact) mass is 300 g/mol. The highest BCUT2D eigenvalue weighted by molar-refractivity contribution is 6.05. The van der Waals surface area contributed by atoms with Gasteiger partial charge < -0.3 is 15.0 Å². The number of hydrogen-bond donors (Lipinski definition) is 2. The minimum absolute atomic E-state index is 0.0207. The minimum atomic E-state index is -0.0207. The van der Waals surface area contributed by atoms with Crippen molar-refractivity contribution < 1.29 is 9.53 Å². The van der Waals surface area contributed by atoms with Crippen LogP contribution in [0, 0.1) is 11.3 Å². The molecule has 1 fully saturated rings. The zero-order chi connectivity index (χ0) is 15.7. The van der Waals surface area contributed by atoms with Gasteiger partial charge in [-0.25, -0.2) is 0 Å². The van der Waals surface area contributed by atoms with E-state index in [0.717, 1.165) is 23.9 Å². The number of amides is 1. The number of hydrogen-bond acceptors (Lipinski definition) is 2. The van der Waals surface area contributed by atoms with Crippen LogP contribution in [0.3, 0.4) is 0 Å². The van der Waals surface area contributed by atoms with Crippen molar-refractivity contribution in [2.24, 2.45) is 11.3 Å². The highest BCUT2D eigenvalue weighted by Crippen LogP contribution is 2.34. The summed E-state index contributed by atoms with van der Waals surface area (Å²) >= 11 is 0. The largest absolute Gasteiger partial charge is 0.377 e. The van der Waals surface area contributed by atoms with Gasteiger partial charge in [-0.3, -0.25) is 4.79 Å². The van der Waals surface area contributed by atoms with Crippen molar-refractivity contribution in [1.29, 1.82) is 0 Å². The van der Waals surface area contributed by atoms with Gasteiger partial charge in [-0.1, -0.05) is 32.9 Å². The molecule has 2 N–H and O–H groups in total. The third-order valence-electron chi connectivity index (χ3n) is 4.42. The molecule has 0 radical (unpaired) electrons. The molecule has 1 saturated heterocycles. The normalized spacial score (nSPS) is 22.1. The molecule has 2 atom stereocenters.